The molecule has 0 aliphatic heterocycles. The highest BCUT2D eigenvalue weighted by Crippen LogP contribution is 2.16. The summed E-state index contributed by atoms with van der Waals surface area (Å²) < 4.78 is 2.03. The van der Waals surface area contributed by atoms with Gasteiger partial charge in [0.25, 0.3) is 0 Å². The number of nitrogens with zero attached hydrogens (tertiary/aromatic N) is 2. The van der Waals surface area contributed by atoms with E-state index < -0.39 is 11.8 Å². The lowest BCUT2D eigenvalue weighted by molar-refractivity contribution is -0.136. The van der Waals surface area contributed by atoms with Crippen LogP contribution in [-0.2, 0) is 16.1 Å². The molecule has 0 spiro atoms. The number of imidazole rings is 1. The molecule has 2 N–H and O–H groups in total. The Morgan fingerprint density at radius 2 is 1.62 bits per heavy atom. The Kier molecular flexibility index (Phi) is 5.77. The number of amides is 2. The first kappa shape index (κ1) is 17.4. The molecule has 26 heavy (non-hydrogen) atoms. The number of anilines is 1. The SMILES string of the molecule is O=C(NCCCn1ccnc1-c1ccccc1)C(=O)Nc1ccccc1. The minimum Gasteiger partial charge on any atom is -0.348 e. The highest BCUT2D eigenvalue weighted by atomic mass is 16.2. The van der Waals surface area contributed by atoms with Gasteiger partial charge in [0, 0.05) is 36.7 Å². The maximum absolute atomic E-state index is 11.9. The van der Waals surface area contributed by atoms with Crippen molar-refractivity contribution in [3.8, 4) is 11.4 Å². The molecule has 2 amide bonds. The topological polar surface area (TPSA) is 76.0 Å². The van der Waals surface area contributed by atoms with Crippen LogP contribution in [0.5, 0.6) is 0 Å². The van der Waals surface area contributed by atoms with Gasteiger partial charge in [-0.05, 0) is 18.6 Å². The number of hydrogen-bond donors (Lipinski definition) is 2. The number of carbonyl (C=O) groups excluding carboxylic acids is 2. The molecule has 6 nitrogen and oxygen atoms in total. The van der Waals surface area contributed by atoms with Crippen LogP contribution in [0.3, 0.4) is 0 Å². The molecule has 1 heterocycles. The van der Waals surface area contributed by atoms with Gasteiger partial charge in [0.15, 0.2) is 0 Å². The van der Waals surface area contributed by atoms with Crippen LogP contribution in [0, 0.1) is 0 Å². The smallest absolute Gasteiger partial charge is 0.313 e. The Labute approximate surface area is 151 Å². The lowest BCUT2D eigenvalue weighted by atomic mass is 10.2. The number of carbonyl (C=O) groups is 2. The van der Waals surface area contributed by atoms with E-state index >= 15 is 0 Å². The number of para-hydroxylation sites is 1. The van der Waals surface area contributed by atoms with E-state index in [1.165, 1.54) is 0 Å². The number of aryl methyl sites for hydroxylation is 1. The van der Waals surface area contributed by atoms with Crippen LogP contribution < -0.4 is 10.6 Å². The van der Waals surface area contributed by atoms with Crippen LogP contribution in [0.2, 0.25) is 0 Å². The first-order valence-corrected chi connectivity index (χ1v) is 8.45. The van der Waals surface area contributed by atoms with Crippen molar-refractivity contribution in [3.05, 3.63) is 73.1 Å². The fourth-order valence-electron chi connectivity index (χ4n) is 2.58. The van der Waals surface area contributed by atoms with Crippen LogP contribution >= 0.6 is 0 Å². The standard InChI is InChI=1S/C20H20N4O2/c25-19(20(26)23-17-10-5-2-6-11-17)22-12-7-14-24-15-13-21-18(24)16-8-3-1-4-9-16/h1-6,8-11,13,15H,7,12,14H2,(H,22,25)(H,23,26). The van der Waals surface area contributed by atoms with Gasteiger partial charge in [0.1, 0.15) is 5.82 Å². The van der Waals surface area contributed by atoms with Crippen molar-refractivity contribution < 1.29 is 9.59 Å². The number of rotatable bonds is 6. The monoisotopic (exact) mass is 348 g/mol. The molecule has 132 valence electrons. The second-order valence-corrected chi connectivity index (χ2v) is 5.74. The van der Waals surface area contributed by atoms with Crippen LogP contribution in [0.25, 0.3) is 11.4 Å². The average molecular weight is 348 g/mol. The molecule has 2 aromatic carbocycles. The summed E-state index contributed by atoms with van der Waals surface area (Å²) >= 11 is 0. The fraction of sp³-hybridized carbons (Fsp3) is 0.150. The van der Waals surface area contributed by atoms with Crippen LogP contribution in [0.1, 0.15) is 6.42 Å². The normalized spacial score (nSPS) is 10.3. The van der Waals surface area contributed by atoms with E-state index in [1.807, 2.05) is 47.2 Å². The third-order valence-electron chi connectivity index (χ3n) is 3.85. The van der Waals surface area contributed by atoms with Crippen molar-refractivity contribution in [2.24, 2.45) is 0 Å². The van der Waals surface area contributed by atoms with E-state index in [0.717, 1.165) is 11.4 Å². The minimum absolute atomic E-state index is 0.410. The first-order valence-electron chi connectivity index (χ1n) is 8.45. The van der Waals surface area contributed by atoms with Gasteiger partial charge in [0.05, 0.1) is 0 Å². The quantitative estimate of drug-likeness (QED) is 0.531. The highest BCUT2D eigenvalue weighted by Gasteiger charge is 2.13. The molecule has 0 unspecified atom stereocenters. The van der Waals surface area contributed by atoms with Crippen molar-refractivity contribution in [2.75, 3.05) is 11.9 Å². The molecule has 1 aromatic heterocycles. The summed E-state index contributed by atoms with van der Waals surface area (Å²) in [5, 5.41) is 5.20. The molecular weight excluding hydrogens is 328 g/mol. The molecule has 3 aromatic rings. The average Bonchev–Trinajstić information content (AvgIpc) is 3.15. The van der Waals surface area contributed by atoms with Gasteiger partial charge < -0.3 is 15.2 Å². The number of aromatic nitrogens is 2. The molecule has 0 aliphatic carbocycles. The molecule has 0 aliphatic rings. The molecule has 0 atom stereocenters. The summed E-state index contributed by atoms with van der Waals surface area (Å²) in [6.45, 7) is 1.11. The van der Waals surface area contributed by atoms with Gasteiger partial charge in [-0.15, -0.1) is 0 Å². The van der Waals surface area contributed by atoms with Crippen molar-refractivity contribution in [2.45, 2.75) is 13.0 Å². The van der Waals surface area contributed by atoms with Gasteiger partial charge in [-0.1, -0.05) is 48.5 Å². The minimum atomic E-state index is -0.663. The summed E-state index contributed by atoms with van der Waals surface area (Å²) in [7, 11) is 0. The molecule has 0 saturated heterocycles. The first-order chi connectivity index (χ1) is 12.7. The third-order valence-corrected chi connectivity index (χ3v) is 3.85. The van der Waals surface area contributed by atoms with Crippen molar-refractivity contribution in [1.82, 2.24) is 14.9 Å². The van der Waals surface area contributed by atoms with E-state index in [2.05, 4.69) is 15.6 Å². The second-order valence-electron chi connectivity index (χ2n) is 5.74. The van der Waals surface area contributed by atoms with Crippen molar-refractivity contribution >= 4 is 17.5 Å². The summed E-state index contributed by atoms with van der Waals surface area (Å²) in [5.74, 6) is -0.412. The van der Waals surface area contributed by atoms with E-state index in [-0.39, 0.29) is 0 Å². The van der Waals surface area contributed by atoms with Gasteiger partial charge in [-0.3, -0.25) is 9.59 Å². The number of nitrogens with one attached hydrogen (secondary N) is 2. The van der Waals surface area contributed by atoms with Gasteiger partial charge in [-0.25, -0.2) is 4.98 Å². The molecular formula is C20H20N4O2. The molecule has 0 saturated carbocycles. The zero-order chi connectivity index (χ0) is 18.2. The maximum atomic E-state index is 11.9. The largest absolute Gasteiger partial charge is 0.348 e. The van der Waals surface area contributed by atoms with Gasteiger partial charge in [0.2, 0.25) is 0 Å². The Morgan fingerprint density at radius 3 is 2.35 bits per heavy atom. The predicted octanol–water partition coefficient (Wildman–Crippen LogP) is 2.70. The molecule has 6 heteroatoms. The maximum Gasteiger partial charge on any atom is 0.313 e. The van der Waals surface area contributed by atoms with Gasteiger partial charge >= 0.3 is 11.8 Å². The fourth-order valence-corrected chi connectivity index (χ4v) is 2.58. The Morgan fingerprint density at radius 1 is 0.923 bits per heavy atom. The van der Waals surface area contributed by atoms with Crippen molar-refractivity contribution in [1.29, 1.82) is 0 Å². The van der Waals surface area contributed by atoms with Gasteiger partial charge in [-0.2, -0.15) is 0 Å². The van der Waals surface area contributed by atoms with Crippen LogP contribution in [0.15, 0.2) is 73.1 Å². The predicted molar refractivity (Wildman–Crippen MR) is 100 cm³/mol. The lowest BCUT2D eigenvalue weighted by Crippen LogP contribution is -2.36. The second kappa shape index (κ2) is 8.62. The highest BCUT2D eigenvalue weighted by molar-refractivity contribution is 6.39. The summed E-state index contributed by atoms with van der Waals surface area (Å²) in [6.07, 6.45) is 4.36. The molecule has 0 bridgehead atoms. The van der Waals surface area contributed by atoms with E-state index in [9.17, 15) is 9.59 Å². The number of hydrogen-bond acceptors (Lipinski definition) is 3. The Hall–Kier alpha value is -3.41. The third kappa shape index (κ3) is 4.57. The molecule has 0 fully saturated rings. The van der Waals surface area contributed by atoms with E-state index in [0.29, 0.717) is 25.2 Å². The van der Waals surface area contributed by atoms with Crippen LogP contribution in [-0.4, -0.2) is 27.9 Å². The zero-order valence-corrected chi connectivity index (χ0v) is 14.3. The Balaban J connectivity index is 1.45. The number of benzene rings is 2. The van der Waals surface area contributed by atoms with E-state index in [4.69, 9.17) is 0 Å². The van der Waals surface area contributed by atoms with Crippen LogP contribution in [0.4, 0.5) is 5.69 Å². The summed E-state index contributed by atoms with van der Waals surface area (Å²) in [6, 6.07) is 18.8. The Bertz CT molecular complexity index is 860. The van der Waals surface area contributed by atoms with E-state index in [1.54, 1.807) is 30.5 Å². The summed E-state index contributed by atoms with van der Waals surface area (Å²) in [5.41, 5.74) is 1.64. The zero-order valence-electron chi connectivity index (χ0n) is 14.3. The molecule has 3 rings (SSSR count). The summed E-state index contributed by atoms with van der Waals surface area (Å²) in [4.78, 5) is 28.1. The van der Waals surface area contributed by atoms with Crippen molar-refractivity contribution in [3.63, 3.8) is 0 Å². The molecule has 0 radical (unpaired) electrons. The lowest BCUT2D eigenvalue weighted by Gasteiger charge is -2.09.